The van der Waals surface area contributed by atoms with Gasteiger partial charge in [0.05, 0.1) is 6.61 Å². The van der Waals surface area contributed by atoms with Crippen LogP contribution < -0.4 is 10.1 Å². The summed E-state index contributed by atoms with van der Waals surface area (Å²) in [6, 6.07) is 7.66. The lowest BCUT2D eigenvalue weighted by atomic mass is 10.1. The maximum absolute atomic E-state index is 12.9. The van der Waals surface area contributed by atoms with Crippen LogP contribution in [0.3, 0.4) is 0 Å². The second kappa shape index (κ2) is 7.99. The van der Waals surface area contributed by atoms with Gasteiger partial charge in [-0.3, -0.25) is 0 Å². The van der Waals surface area contributed by atoms with Crippen molar-refractivity contribution < 1.29 is 17.9 Å². The molecule has 0 fully saturated rings. The summed E-state index contributed by atoms with van der Waals surface area (Å²) in [4.78, 5) is 7.56. The van der Waals surface area contributed by atoms with Crippen LogP contribution in [0.15, 0.2) is 30.5 Å². The van der Waals surface area contributed by atoms with Crippen LogP contribution in [-0.2, 0) is 12.6 Å². The number of unbranched alkanes of at least 4 members (excludes halogenated alkanes) is 1. The molecule has 0 unspecified atom stereocenters. The fraction of sp³-hybridized carbons (Fsp3) is 0.412. The molecule has 2 rings (SSSR count). The molecule has 1 heterocycles. The van der Waals surface area contributed by atoms with E-state index in [0.717, 1.165) is 25.5 Å². The molecule has 24 heavy (non-hydrogen) atoms. The van der Waals surface area contributed by atoms with Crippen molar-refractivity contribution in [2.75, 3.05) is 11.9 Å². The van der Waals surface area contributed by atoms with Crippen molar-refractivity contribution in [1.29, 1.82) is 0 Å². The fourth-order valence-electron chi connectivity index (χ4n) is 2.13. The second-order valence-electron chi connectivity index (χ2n) is 5.27. The SMILES string of the molecule is CCCCc1ccc(Nc2ncc(C(F)(F)F)c(OCC)n2)cc1. The van der Waals surface area contributed by atoms with Gasteiger partial charge >= 0.3 is 6.18 Å². The number of alkyl halides is 3. The van der Waals surface area contributed by atoms with Crippen LogP contribution in [0.1, 0.15) is 37.8 Å². The van der Waals surface area contributed by atoms with Crippen molar-refractivity contribution in [3.05, 3.63) is 41.6 Å². The third-order valence-corrected chi connectivity index (χ3v) is 3.37. The van der Waals surface area contributed by atoms with E-state index in [1.165, 1.54) is 5.56 Å². The van der Waals surface area contributed by atoms with Gasteiger partial charge in [-0.15, -0.1) is 0 Å². The lowest BCUT2D eigenvalue weighted by Gasteiger charge is -2.13. The molecular formula is C17H20F3N3O. The van der Waals surface area contributed by atoms with Crippen LogP contribution >= 0.6 is 0 Å². The van der Waals surface area contributed by atoms with Crippen molar-refractivity contribution in [2.24, 2.45) is 0 Å². The van der Waals surface area contributed by atoms with E-state index in [0.29, 0.717) is 5.69 Å². The molecule has 0 saturated heterocycles. The smallest absolute Gasteiger partial charge is 0.423 e. The lowest BCUT2D eigenvalue weighted by Crippen LogP contribution is -2.12. The Kier molecular flexibility index (Phi) is 6.00. The second-order valence-corrected chi connectivity index (χ2v) is 5.27. The first-order valence-electron chi connectivity index (χ1n) is 7.87. The number of halogens is 3. The third kappa shape index (κ3) is 4.84. The van der Waals surface area contributed by atoms with E-state index in [2.05, 4.69) is 22.2 Å². The molecule has 0 bridgehead atoms. The number of nitrogens with one attached hydrogen (secondary N) is 1. The highest BCUT2D eigenvalue weighted by Gasteiger charge is 2.36. The topological polar surface area (TPSA) is 47.0 Å². The Balaban J connectivity index is 2.16. The molecule has 1 aromatic heterocycles. The number of aryl methyl sites for hydroxylation is 1. The van der Waals surface area contributed by atoms with E-state index in [1.54, 1.807) is 6.92 Å². The Labute approximate surface area is 139 Å². The van der Waals surface area contributed by atoms with Crippen LogP contribution in [-0.4, -0.2) is 16.6 Å². The number of anilines is 2. The summed E-state index contributed by atoms with van der Waals surface area (Å²) in [5.41, 5.74) is 0.938. The molecule has 0 atom stereocenters. The van der Waals surface area contributed by atoms with E-state index >= 15 is 0 Å². The summed E-state index contributed by atoms with van der Waals surface area (Å²) in [5.74, 6) is -0.408. The number of aromatic nitrogens is 2. The van der Waals surface area contributed by atoms with E-state index in [-0.39, 0.29) is 12.6 Å². The summed E-state index contributed by atoms with van der Waals surface area (Å²) in [7, 11) is 0. The Morgan fingerprint density at radius 2 is 1.83 bits per heavy atom. The Morgan fingerprint density at radius 3 is 2.42 bits per heavy atom. The Hall–Kier alpha value is -2.31. The number of hydrogen-bond donors (Lipinski definition) is 1. The fourth-order valence-corrected chi connectivity index (χ4v) is 2.13. The molecule has 0 aliphatic carbocycles. The van der Waals surface area contributed by atoms with Crippen LogP contribution in [0.5, 0.6) is 5.88 Å². The van der Waals surface area contributed by atoms with Crippen LogP contribution in [0.2, 0.25) is 0 Å². The van der Waals surface area contributed by atoms with Gasteiger partial charge in [0.1, 0.15) is 5.56 Å². The largest absolute Gasteiger partial charge is 0.477 e. The summed E-state index contributed by atoms with van der Waals surface area (Å²) in [5, 5.41) is 2.90. The van der Waals surface area contributed by atoms with Crippen LogP contribution in [0.25, 0.3) is 0 Å². The van der Waals surface area contributed by atoms with Crippen molar-refractivity contribution in [3.8, 4) is 5.88 Å². The molecule has 0 saturated carbocycles. The van der Waals surface area contributed by atoms with Crippen LogP contribution in [0, 0.1) is 0 Å². The summed E-state index contributed by atoms with van der Waals surface area (Å²) >= 11 is 0. The summed E-state index contributed by atoms with van der Waals surface area (Å²) < 4.78 is 43.7. The Bertz CT molecular complexity index is 657. The van der Waals surface area contributed by atoms with Crippen LogP contribution in [0.4, 0.5) is 24.8 Å². The lowest BCUT2D eigenvalue weighted by molar-refractivity contribution is -0.139. The maximum Gasteiger partial charge on any atom is 0.423 e. The summed E-state index contributed by atoms with van der Waals surface area (Å²) in [6.07, 6.45) is -0.575. The predicted octanol–water partition coefficient (Wildman–Crippen LogP) is 4.98. The molecule has 0 radical (unpaired) electrons. The average Bonchev–Trinajstić information content (AvgIpc) is 2.54. The zero-order chi connectivity index (χ0) is 17.6. The highest BCUT2D eigenvalue weighted by molar-refractivity contribution is 5.54. The Morgan fingerprint density at radius 1 is 1.12 bits per heavy atom. The molecule has 2 aromatic rings. The average molecular weight is 339 g/mol. The molecule has 4 nitrogen and oxygen atoms in total. The summed E-state index contributed by atoms with van der Waals surface area (Å²) in [6.45, 7) is 3.82. The monoisotopic (exact) mass is 339 g/mol. The van der Waals surface area contributed by atoms with Gasteiger partial charge in [0, 0.05) is 11.9 Å². The van der Waals surface area contributed by atoms with E-state index < -0.39 is 17.6 Å². The molecule has 0 amide bonds. The van der Waals surface area contributed by atoms with Crippen molar-refractivity contribution >= 4 is 11.6 Å². The quantitative estimate of drug-likeness (QED) is 0.773. The molecule has 0 aliphatic rings. The van der Waals surface area contributed by atoms with E-state index in [1.807, 2.05) is 24.3 Å². The third-order valence-electron chi connectivity index (χ3n) is 3.37. The number of nitrogens with zero attached hydrogens (tertiary/aromatic N) is 2. The number of benzene rings is 1. The van der Waals surface area contributed by atoms with Gasteiger partial charge in [-0.1, -0.05) is 25.5 Å². The molecule has 0 aliphatic heterocycles. The van der Waals surface area contributed by atoms with Gasteiger partial charge in [-0.2, -0.15) is 18.2 Å². The first-order chi connectivity index (χ1) is 11.4. The highest BCUT2D eigenvalue weighted by Crippen LogP contribution is 2.35. The molecule has 130 valence electrons. The molecule has 1 N–H and O–H groups in total. The van der Waals surface area contributed by atoms with Gasteiger partial charge in [0.25, 0.3) is 0 Å². The van der Waals surface area contributed by atoms with Crippen molar-refractivity contribution in [1.82, 2.24) is 9.97 Å². The maximum atomic E-state index is 12.9. The standard InChI is InChI=1S/C17H20F3N3O/c1-3-5-6-12-7-9-13(10-8-12)22-16-21-11-14(17(18,19)20)15(23-16)24-4-2/h7-11H,3-6H2,1-2H3,(H,21,22,23). The minimum atomic E-state index is -4.55. The van der Waals surface area contributed by atoms with Crippen molar-refractivity contribution in [3.63, 3.8) is 0 Å². The minimum absolute atomic E-state index is 0.0627. The van der Waals surface area contributed by atoms with E-state index in [4.69, 9.17) is 4.74 Å². The van der Waals surface area contributed by atoms with Gasteiger partial charge in [0.15, 0.2) is 0 Å². The predicted molar refractivity (Wildman–Crippen MR) is 86.5 cm³/mol. The van der Waals surface area contributed by atoms with Crippen molar-refractivity contribution in [2.45, 2.75) is 39.3 Å². The molecule has 1 aromatic carbocycles. The number of ether oxygens (including phenoxy) is 1. The zero-order valence-corrected chi connectivity index (χ0v) is 13.7. The molecule has 0 spiro atoms. The van der Waals surface area contributed by atoms with Gasteiger partial charge in [-0.25, -0.2) is 4.98 Å². The van der Waals surface area contributed by atoms with E-state index in [9.17, 15) is 13.2 Å². The number of rotatable bonds is 7. The first-order valence-corrected chi connectivity index (χ1v) is 7.87. The molecule has 7 heteroatoms. The molecular weight excluding hydrogens is 319 g/mol. The van der Waals surface area contributed by atoms with Gasteiger partial charge in [-0.05, 0) is 37.5 Å². The number of hydrogen-bond acceptors (Lipinski definition) is 4. The first kappa shape index (κ1) is 18.0. The highest BCUT2D eigenvalue weighted by atomic mass is 19.4. The van der Waals surface area contributed by atoms with Gasteiger partial charge < -0.3 is 10.1 Å². The zero-order valence-electron chi connectivity index (χ0n) is 13.7. The van der Waals surface area contributed by atoms with Gasteiger partial charge in [0.2, 0.25) is 11.8 Å². The minimum Gasteiger partial charge on any atom is -0.477 e. The normalized spacial score (nSPS) is 11.4.